The lowest BCUT2D eigenvalue weighted by Gasteiger charge is -2.21. The van der Waals surface area contributed by atoms with Crippen molar-refractivity contribution in [1.29, 1.82) is 0 Å². The Kier molecular flexibility index (Phi) is 5.25. The number of hydrogen-bond donors (Lipinski definition) is 1. The average molecular weight is 271 g/mol. The van der Waals surface area contributed by atoms with E-state index in [-0.39, 0.29) is 0 Å². The van der Waals surface area contributed by atoms with Gasteiger partial charge in [0.2, 0.25) is 0 Å². The highest BCUT2D eigenvalue weighted by Gasteiger charge is 2.13. The van der Waals surface area contributed by atoms with Crippen LogP contribution in [-0.4, -0.2) is 38.8 Å². The van der Waals surface area contributed by atoms with Crippen molar-refractivity contribution < 1.29 is 0 Å². The van der Waals surface area contributed by atoms with Crippen molar-refractivity contribution in [3.63, 3.8) is 0 Å². The van der Waals surface area contributed by atoms with E-state index >= 15 is 0 Å². The summed E-state index contributed by atoms with van der Waals surface area (Å²) in [6.45, 7) is 7.22. The Morgan fingerprint density at radius 2 is 2.41 bits per heavy atom. The summed E-state index contributed by atoms with van der Waals surface area (Å²) < 4.78 is 2.09. The summed E-state index contributed by atoms with van der Waals surface area (Å²) in [6, 6.07) is 2.18. The lowest BCUT2D eigenvalue weighted by Crippen LogP contribution is -2.29. The van der Waals surface area contributed by atoms with Crippen molar-refractivity contribution >= 4 is 23.5 Å². The zero-order valence-electron chi connectivity index (χ0n) is 10.6. The Balaban J connectivity index is 1.76. The van der Waals surface area contributed by atoms with Crippen LogP contribution in [0.5, 0.6) is 0 Å². The first-order chi connectivity index (χ1) is 8.29. The van der Waals surface area contributed by atoms with E-state index in [0.29, 0.717) is 0 Å². The zero-order valence-corrected chi connectivity index (χ0v) is 12.2. The lowest BCUT2D eigenvalue weighted by atomic mass is 10.3. The van der Waals surface area contributed by atoms with Crippen LogP contribution in [0.4, 0.5) is 0 Å². The van der Waals surface area contributed by atoms with Crippen LogP contribution >= 0.6 is 23.5 Å². The molecule has 17 heavy (non-hydrogen) atoms. The van der Waals surface area contributed by atoms with Crippen LogP contribution in [0.25, 0.3) is 0 Å². The molecule has 0 aromatic carbocycles. The molecule has 1 saturated heterocycles. The van der Waals surface area contributed by atoms with Crippen molar-refractivity contribution in [1.82, 2.24) is 15.1 Å². The predicted octanol–water partition coefficient (Wildman–Crippen LogP) is 2.15. The first-order valence-corrected chi connectivity index (χ1v) is 8.43. The molecule has 3 nitrogen and oxygen atoms in total. The van der Waals surface area contributed by atoms with Crippen molar-refractivity contribution in [2.75, 3.05) is 23.8 Å². The van der Waals surface area contributed by atoms with E-state index in [1.54, 1.807) is 0 Å². The number of hydrogen-bond acceptors (Lipinski definition) is 4. The molecule has 96 valence electrons. The molecule has 1 atom stereocenters. The molecule has 1 fully saturated rings. The highest BCUT2D eigenvalue weighted by Crippen LogP contribution is 2.23. The maximum atomic E-state index is 4.46. The predicted molar refractivity (Wildman–Crippen MR) is 77.9 cm³/mol. The van der Waals surface area contributed by atoms with Gasteiger partial charge < -0.3 is 5.32 Å². The Labute approximate surface area is 112 Å². The summed E-state index contributed by atoms with van der Waals surface area (Å²) in [5.74, 6) is 3.93. The second kappa shape index (κ2) is 6.71. The van der Waals surface area contributed by atoms with E-state index in [1.165, 1.54) is 23.0 Å². The minimum atomic E-state index is 0.785. The molecule has 0 aliphatic carbocycles. The van der Waals surface area contributed by atoms with Crippen molar-refractivity contribution in [2.45, 2.75) is 32.2 Å². The lowest BCUT2D eigenvalue weighted by molar-refractivity contribution is 0.580. The van der Waals surface area contributed by atoms with E-state index < -0.39 is 0 Å². The van der Waals surface area contributed by atoms with Crippen molar-refractivity contribution in [2.24, 2.45) is 0 Å². The van der Waals surface area contributed by atoms with Crippen LogP contribution < -0.4 is 5.32 Å². The molecule has 5 heteroatoms. The van der Waals surface area contributed by atoms with E-state index in [0.717, 1.165) is 30.6 Å². The largest absolute Gasteiger partial charge is 0.310 e. The fourth-order valence-electron chi connectivity index (χ4n) is 2.03. The van der Waals surface area contributed by atoms with Crippen LogP contribution in [0.1, 0.15) is 18.3 Å². The van der Waals surface area contributed by atoms with Gasteiger partial charge in [0.05, 0.1) is 11.4 Å². The molecule has 0 amide bonds. The van der Waals surface area contributed by atoms with Gasteiger partial charge in [0.25, 0.3) is 0 Å². The number of nitrogens with zero attached hydrogens (tertiary/aromatic N) is 2. The van der Waals surface area contributed by atoms with E-state index in [4.69, 9.17) is 0 Å². The van der Waals surface area contributed by atoms with E-state index in [9.17, 15) is 0 Å². The summed E-state index contributed by atoms with van der Waals surface area (Å²) >= 11 is 4.19. The summed E-state index contributed by atoms with van der Waals surface area (Å²) in [6.07, 6.45) is 0. The molecular formula is C12H21N3S2. The molecule has 1 aromatic heterocycles. The van der Waals surface area contributed by atoms with Gasteiger partial charge in [-0.05, 0) is 19.9 Å². The number of aromatic nitrogens is 2. The Morgan fingerprint density at radius 3 is 3.12 bits per heavy atom. The van der Waals surface area contributed by atoms with Gasteiger partial charge in [-0.25, -0.2) is 0 Å². The first kappa shape index (κ1) is 13.3. The normalized spacial score (nSPS) is 20.7. The smallest absolute Gasteiger partial charge is 0.0597 e. The van der Waals surface area contributed by atoms with Gasteiger partial charge in [-0.3, -0.25) is 4.68 Å². The number of nitrogens with one attached hydrogen (secondary N) is 1. The number of aryl methyl sites for hydroxylation is 2. The molecule has 0 bridgehead atoms. The SMILES string of the molecule is CCn1nc(C)cc1CNCC1CSCCS1. The molecule has 2 rings (SSSR count). The molecule has 1 unspecified atom stereocenters. The fraction of sp³-hybridized carbons (Fsp3) is 0.750. The summed E-state index contributed by atoms with van der Waals surface area (Å²) in [7, 11) is 0. The highest BCUT2D eigenvalue weighted by molar-refractivity contribution is 8.06. The van der Waals surface area contributed by atoms with Gasteiger partial charge in [-0.2, -0.15) is 28.6 Å². The minimum Gasteiger partial charge on any atom is -0.310 e. The van der Waals surface area contributed by atoms with Gasteiger partial charge in [-0.1, -0.05) is 0 Å². The quantitative estimate of drug-likeness (QED) is 0.889. The third kappa shape index (κ3) is 3.93. The van der Waals surface area contributed by atoms with Crippen LogP contribution in [0.15, 0.2) is 6.07 Å². The van der Waals surface area contributed by atoms with Crippen LogP contribution in [0, 0.1) is 6.92 Å². The molecule has 1 aliphatic heterocycles. The van der Waals surface area contributed by atoms with Gasteiger partial charge in [0, 0.05) is 42.1 Å². The molecule has 1 aliphatic rings. The van der Waals surface area contributed by atoms with Gasteiger partial charge >= 0.3 is 0 Å². The Morgan fingerprint density at radius 1 is 1.53 bits per heavy atom. The number of rotatable bonds is 5. The molecule has 1 N–H and O–H groups in total. The summed E-state index contributed by atoms with van der Waals surface area (Å²) in [4.78, 5) is 0. The summed E-state index contributed by atoms with van der Waals surface area (Å²) in [5, 5.41) is 8.81. The van der Waals surface area contributed by atoms with E-state index in [2.05, 4.69) is 58.5 Å². The topological polar surface area (TPSA) is 29.9 Å². The van der Waals surface area contributed by atoms with Crippen LogP contribution in [0.3, 0.4) is 0 Å². The average Bonchev–Trinajstić information content (AvgIpc) is 2.71. The third-order valence-electron chi connectivity index (χ3n) is 2.85. The summed E-state index contributed by atoms with van der Waals surface area (Å²) in [5.41, 5.74) is 2.42. The second-order valence-corrected chi connectivity index (χ2v) is 6.85. The monoisotopic (exact) mass is 271 g/mol. The standard InChI is InChI=1S/C12H21N3S2/c1-3-15-11(6-10(2)14-15)7-13-8-12-9-16-4-5-17-12/h6,12-13H,3-5,7-9H2,1-2H3. The van der Waals surface area contributed by atoms with Gasteiger partial charge in [-0.15, -0.1) is 0 Å². The molecular weight excluding hydrogens is 250 g/mol. The van der Waals surface area contributed by atoms with Crippen LogP contribution in [0.2, 0.25) is 0 Å². The molecule has 1 aromatic rings. The third-order valence-corrected chi connectivity index (χ3v) is 5.69. The van der Waals surface area contributed by atoms with Crippen molar-refractivity contribution in [3.8, 4) is 0 Å². The number of thioether (sulfide) groups is 2. The highest BCUT2D eigenvalue weighted by atomic mass is 32.2. The molecule has 0 radical (unpaired) electrons. The Hall–Kier alpha value is -0.130. The molecule has 0 spiro atoms. The molecule has 2 heterocycles. The van der Waals surface area contributed by atoms with E-state index in [1.807, 2.05) is 0 Å². The fourth-order valence-corrected chi connectivity index (χ4v) is 4.68. The first-order valence-electron chi connectivity index (χ1n) is 6.23. The minimum absolute atomic E-state index is 0.785. The van der Waals surface area contributed by atoms with Gasteiger partial charge in [0.15, 0.2) is 0 Å². The molecule has 0 saturated carbocycles. The maximum Gasteiger partial charge on any atom is 0.0597 e. The van der Waals surface area contributed by atoms with Crippen molar-refractivity contribution in [3.05, 3.63) is 17.5 Å². The van der Waals surface area contributed by atoms with Gasteiger partial charge in [0.1, 0.15) is 0 Å². The Bertz CT molecular complexity index is 346. The maximum absolute atomic E-state index is 4.46. The van der Waals surface area contributed by atoms with Crippen LogP contribution in [-0.2, 0) is 13.1 Å². The second-order valence-electron chi connectivity index (χ2n) is 4.29. The zero-order chi connectivity index (χ0) is 12.1.